The van der Waals surface area contributed by atoms with E-state index in [9.17, 15) is 4.57 Å². The highest BCUT2D eigenvalue weighted by Crippen LogP contribution is 2.58. The maximum Gasteiger partial charge on any atom is 0.351 e. The first kappa shape index (κ1) is 14.9. The summed E-state index contributed by atoms with van der Waals surface area (Å²) in [6.07, 6.45) is 0. The molecular weight excluding hydrogens is 305 g/mol. The third-order valence-corrected chi connectivity index (χ3v) is 4.86. The van der Waals surface area contributed by atoms with E-state index in [1.165, 1.54) is 0 Å². The fourth-order valence-electron chi connectivity index (χ4n) is 1.43. The summed E-state index contributed by atoms with van der Waals surface area (Å²) >= 11 is 3.35. The van der Waals surface area contributed by atoms with Gasteiger partial charge >= 0.3 is 7.60 Å². The Morgan fingerprint density at radius 2 is 1.94 bits per heavy atom. The molecule has 0 saturated carbocycles. The van der Waals surface area contributed by atoms with Gasteiger partial charge in [-0.1, -0.05) is 28.1 Å². The summed E-state index contributed by atoms with van der Waals surface area (Å²) < 4.78 is 23.8. The number of nitrogens with two attached hydrogens (primary N) is 1. The van der Waals surface area contributed by atoms with Crippen LogP contribution < -0.4 is 5.73 Å². The van der Waals surface area contributed by atoms with Crippen molar-refractivity contribution in [1.82, 2.24) is 0 Å². The average molecular weight is 322 g/mol. The van der Waals surface area contributed by atoms with Crippen molar-refractivity contribution in [3.05, 3.63) is 34.3 Å². The zero-order valence-electron chi connectivity index (χ0n) is 9.93. The molecule has 0 aromatic heterocycles. The van der Waals surface area contributed by atoms with E-state index in [1.54, 1.807) is 19.9 Å². The number of rotatable bonds is 6. The molecular formula is C11H17BrNO3P. The molecule has 1 atom stereocenters. The average Bonchev–Trinajstić information content (AvgIpc) is 2.28. The second kappa shape index (κ2) is 6.66. The van der Waals surface area contributed by atoms with Gasteiger partial charge in [0.05, 0.1) is 13.2 Å². The maximum atomic E-state index is 12.4. The first-order valence-corrected chi connectivity index (χ1v) is 7.83. The van der Waals surface area contributed by atoms with Crippen LogP contribution >= 0.6 is 23.5 Å². The standard InChI is InChI=1S/C11H17BrNO3P/c1-3-15-17(14,16-4-2)11(13)9-6-5-7-10(12)8-9/h5-8,11H,3-4,13H2,1-2H3/t11-/m1/s1. The summed E-state index contributed by atoms with van der Waals surface area (Å²) in [6.45, 7) is 4.14. The monoisotopic (exact) mass is 321 g/mol. The minimum atomic E-state index is -3.30. The van der Waals surface area contributed by atoms with Gasteiger partial charge in [-0.05, 0) is 31.5 Å². The van der Waals surface area contributed by atoms with Crippen LogP contribution in [-0.4, -0.2) is 13.2 Å². The van der Waals surface area contributed by atoms with Crippen molar-refractivity contribution >= 4 is 23.5 Å². The lowest BCUT2D eigenvalue weighted by Crippen LogP contribution is -2.15. The summed E-state index contributed by atoms with van der Waals surface area (Å²) in [4.78, 5) is 0. The summed E-state index contributed by atoms with van der Waals surface area (Å²) in [7, 11) is -3.30. The number of hydrogen-bond acceptors (Lipinski definition) is 4. The molecule has 0 amide bonds. The van der Waals surface area contributed by atoms with E-state index >= 15 is 0 Å². The van der Waals surface area contributed by atoms with Gasteiger partial charge in [-0.25, -0.2) is 0 Å². The zero-order valence-corrected chi connectivity index (χ0v) is 12.4. The van der Waals surface area contributed by atoms with E-state index < -0.39 is 13.4 Å². The van der Waals surface area contributed by atoms with Gasteiger partial charge in [0.2, 0.25) is 0 Å². The predicted octanol–water partition coefficient (Wildman–Crippen LogP) is 3.67. The highest BCUT2D eigenvalue weighted by molar-refractivity contribution is 9.10. The molecule has 96 valence electrons. The van der Waals surface area contributed by atoms with Crippen molar-refractivity contribution < 1.29 is 13.6 Å². The highest BCUT2D eigenvalue weighted by atomic mass is 79.9. The Morgan fingerprint density at radius 3 is 2.41 bits per heavy atom. The second-order valence-electron chi connectivity index (χ2n) is 3.38. The first-order chi connectivity index (χ1) is 8.03. The number of halogens is 1. The fourth-order valence-corrected chi connectivity index (χ4v) is 3.49. The second-order valence-corrected chi connectivity index (χ2v) is 6.44. The molecule has 2 N–H and O–H groups in total. The molecule has 0 fully saturated rings. The van der Waals surface area contributed by atoms with Gasteiger partial charge in [0.25, 0.3) is 0 Å². The Bertz CT molecular complexity index is 403. The lowest BCUT2D eigenvalue weighted by atomic mass is 10.2. The van der Waals surface area contributed by atoms with Gasteiger partial charge in [0.15, 0.2) is 0 Å². The third kappa shape index (κ3) is 3.90. The van der Waals surface area contributed by atoms with Crippen LogP contribution in [0.4, 0.5) is 0 Å². The van der Waals surface area contributed by atoms with Crippen molar-refractivity contribution in [3.8, 4) is 0 Å². The minimum Gasteiger partial charge on any atom is -0.314 e. The third-order valence-electron chi connectivity index (χ3n) is 2.15. The Kier molecular flexibility index (Phi) is 5.83. The molecule has 0 heterocycles. The molecule has 0 aliphatic carbocycles. The molecule has 1 aromatic carbocycles. The number of benzene rings is 1. The topological polar surface area (TPSA) is 61.5 Å². The lowest BCUT2D eigenvalue weighted by Gasteiger charge is -2.23. The summed E-state index contributed by atoms with van der Waals surface area (Å²) in [5.41, 5.74) is 6.71. The molecule has 1 aromatic rings. The van der Waals surface area contributed by atoms with Crippen LogP contribution in [0.25, 0.3) is 0 Å². The summed E-state index contributed by atoms with van der Waals surface area (Å²) in [5.74, 6) is -0.764. The maximum absolute atomic E-state index is 12.4. The molecule has 0 aliphatic heterocycles. The van der Waals surface area contributed by atoms with E-state index in [-0.39, 0.29) is 0 Å². The van der Waals surface area contributed by atoms with Crippen LogP contribution in [0.15, 0.2) is 28.7 Å². The molecule has 17 heavy (non-hydrogen) atoms. The molecule has 4 nitrogen and oxygen atoms in total. The number of hydrogen-bond donors (Lipinski definition) is 1. The van der Waals surface area contributed by atoms with Gasteiger partial charge in [-0.3, -0.25) is 4.57 Å². The van der Waals surface area contributed by atoms with E-state index in [1.807, 2.05) is 18.2 Å². The molecule has 0 bridgehead atoms. The Hall–Kier alpha value is -0.190. The molecule has 1 rings (SSSR count). The molecule has 6 heteroatoms. The quantitative estimate of drug-likeness (QED) is 0.812. The minimum absolute atomic E-state index is 0.305. The van der Waals surface area contributed by atoms with Crippen LogP contribution in [-0.2, 0) is 13.6 Å². The van der Waals surface area contributed by atoms with Gasteiger partial charge < -0.3 is 14.8 Å². The van der Waals surface area contributed by atoms with Crippen LogP contribution in [0.3, 0.4) is 0 Å². The summed E-state index contributed by atoms with van der Waals surface area (Å²) in [5, 5.41) is 0. The fraction of sp³-hybridized carbons (Fsp3) is 0.455. The van der Waals surface area contributed by atoms with Crippen molar-refractivity contribution in [2.45, 2.75) is 19.6 Å². The Balaban J connectivity index is 2.99. The van der Waals surface area contributed by atoms with E-state index in [2.05, 4.69) is 15.9 Å². The molecule has 0 aliphatic rings. The van der Waals surface area contributed by atoms with E-state index in [0.29, 0.717) is 13.2 Å². The lowest BCUT2D eigenvalue weighted by molar-refractivity contribution is 0.212. The predicted molar refractivity (Wildman–Crippen MR) is 71.9 cm³/mol. The van der Waals surface area contributed by atoms with E-state index in [0.717, 1.165) is 10.0 Å². The Labute approximate surface area is 110 Å². The highest BCUT2D eigenvalue weighted by Gasteiger charge is 2.33. The smallest absolute Gasteiger partial charge is 0.314 e. The molecule has 0 radical (unpaired) electrons. The van der Waals surface area contributed by atoms with Crippen LogP contribution in [0.1, 0.15) is 25.2 Å². The van der Waals surface area contributed by atoms with Crippen LogP contribution in [0, 0.1) is 0 Å². The molecule has 0 saturated heterocycles. The SMILES string of the molecule is CCOP(=O)(OCC)[C@@H](N)c1cccc(Br)c1. The van der Waals surface area contributed by atoms with E-state index in [4.69, 9.17) is 14.8 Å². The Morgan fingerprint density at radius 1 is 1.35 bits per heavy atom. The zero-order chi connectivity index (χ0) is 12.9. The van der Waals surface area contributed by atoms with Gasteiger partial charge in [0, 0.05) is 4.47 Å². The van der Waals surface area contributed by atoms with Crippen molar-refractivity contribution in [3.63, 3.8) is 0 Å². The summed E-state index contributed by atoms with van der Waals surface area (Å²) in [6, 6.07) is 7.33. The largest absolute Gasteiger partial charge is 0.351 e. The first-order valence-electron chi connectivity index (χ1n) is 5.43. The van der Waals surface area contributed by atoms with Crippen molar-refractivity contribution in [1.29, 1.82) is 0 Å². The van der Waals surface area contributed by atoms with Gasteiger partial charge in [-0.2, -0.15) is 0 Å². The molecule has 0 spiro atoms. The molecule has 0 unspecified atom stereocenters. The van der Waals surface area contributed by atoms with Crippen LogP contribution in [0.5, 0.6) is 0 Å². The van der Waals surface area contributed by atoms with Gasteiger partial charge in [-0.15, -0.1) is 0 Å². The van der Waals surface area contributed by atoms with Crippen LogP contribution in [0.2, 0.25) is 0 Å². The van der Waals surface area contributed by atoms with Crippen molar-refractivity contribution in [2.75, 3.05) is 13.2 Å². The van der Waals surface area contributed by atoms with Gasteiger partial charge in [0.1, 0.15) is 5.78 Å². The van der Waals surface area contributed by atoms with Crippen molar-refractivity contribution in [2.24, 2.45) is 5.73 Å². The normalized spacial score (nSPS) is 13.6.